The minimum Gasteiger partial charge on any atom is -0.378 e. The summed E-state index contributed by atoms with van der Waals surface area (Å²) >= 11 is 0. The molecule has 0 spiro atoms. The lowest BCUT2D eigenvalue weighted by Crippen LogP contribution is -2.32. The Bertz CT molecular complexity index is 595. The molecule has 0 aliphatic heterocycles. The molecule has 2 aromatic rings. The average Bonchev–Trinajstić information content (AvgIpc) is 2.52. The van der Waals surface area contributed by atoms with Crippen molar-refractivity contribution in [1.29, 1.82) is 0 Å². The number of benzene rings is 2. The highest BCUT2D eigenvalue weighted by Gasteiger charge is 2.17. The van der Waals surface area contributed by atoms with Crippen LogP contribution in [0.1, 0.15) is 35.6 Å². The van der Waals surface area contributed by atoms with Crippen LogP contribution in [-0.4, -0.2) is 17.6 Å². The van der Waals surface area contributed by atoms with Crippen molar-refractivity contribution in [2.45, 2.75) is 25.9 Å². The summed E-state index contributed by atoms with van der Waals surface area (Å²) in [6, 6.07) is 17.2. The van der Waals surface area contributed by atoms with Crippen LogP contribution in [0.25, 0.3) is 0 Å². The summed E-state index contributed by atoms with van der Waals surface area (Å²) in [6.07, 6.45) is -1.11. The number of nitrogens with one attached hydrogen (secondary N) is 1. The van der Waals surface area contributed by atoms with Gasteiger partial charge in [0.05, 0.1) is 0 Å². The van der Waals surface area contributed by atoms with E-state index in [1.807, 2.05) is 25.1 Å². The molecule has 0 radical (unpaired) electrons. The van der Waals surface area contributed by atoms with Crippen LogP contribution in [0.3, 0.4) is 0 Å². The summed E-state index contributed by atoms with van der Waals surface area (Å²) in [7, 11) is 0. The molecule has 0 heterocycles. The van der Waals surface area contributed by atoms with Gasteiger partial charge in [0.15, 0.2) is 6.10 Å². The van der Waals surface area contributed by atoms with Crippen molar-refractivity contribution in [3.05, 3.63) is 71.3 Å². The summed E-state index contributed by atoms with van der Waals surface area (Å²) in [5.74, 6) is -0.155. The van der Waals surface area contributed by atoms with Gasteiger partial charge in [0.2, 0.25) is 0 Å². The monoisotopic (exact) mass is 283 g/mol. The lowest BCUT2D eigenvalue weighted by atomic mass is 9.99. The first kappa shape index (κ1) is 15.3. The minimum absolute atomic E-state index is 0.205. The van der Waals surface area contributed by atoms with Gasteiger partial charge in [-0.2, -0.15) is 0 Å². The zero-order chi connectivity index (χ0) is 15.2. The summed E-state index contributed by atoms with van der Waals surface area (Å²) in [5, 5.41) is 12.8. The molecule has 2 N–H and O–H groups in total. The maximum absolute atomic E-state index is 12.0. The Kier molecular flexibility index (Phi) is 5.12. The summed E-state index contributed by atoms with van der Waals surface area (Å²) in [5.41, 5.74) is 3.00. The van der Waals surface area contributed by atoms with Crippen LogP contribution in [0, 0.1) is 6.92 Å². The third-order valence-corrected chi connectivity index (χ3v) is 3.56. The molecule has 0 aliphatic carbocycles. The van der Waals surface area contributed by atoms with Gasteiger partial charge in [0, 0.05) is 6.54 Å². The molecular weight excluding hydrogens is 262 g/mol. The van der Waals surface area contributed by atoms with Crippen LogP contribution in [0.15, 0.2) is 54.6 Å². The van der Waals surface area contributed by atoms with E-state index in [1.54, 1.807) is 24.3 Å². The van der Waals surface area contributed by atoms with E-state index in [9.17, 15) is 9.90 Å². The lowest BCUT2D eigenvalue weighted by molar-refractivity contribution is -0.129. The molecule has 0 saturated heterocycles. The van der Waals surface area contributed by atoms with Gasteiger partial charge in [0.1, 0.15) is 0 Å². The van der Waals surface area contributed by atoms with Crippen LogP contribution >= 0.6 is 0 Å². The Morgan fingerprint density at radius 1 is 1.10 bits per heavy atom. The van der Waals surface area contributed by atoms with Gasteiger partial charge in [-0.3, -0.25) is 4.79 Å². The predicted molar refractivity (Wildman–Crippen MR) is 84.0 cm³/mol. The zero-order valence-electron chi connectivity index (χ0n) is 12.4. The van der Waals surface area contributed by atoms with Gasteiger partial charge >= 0.3 is 0 Å². The topological polar surface area (TPSA) is 49.3 Å². The van der Waals surface area contributed by atoms with Gasteiger partial charge in [-0.1, -0.05) is 67.1 Å². The van der Waals surface area contributed by atoms with E-state index >= 15 is 0 Å². The van der Waals surface area contributed by atoms with E-state index < -0.39 is 6.10 Å². The van der Waals surface area contributed by atoms with Gasteiger partial charge in [-0.05, 0) is 24.0 Å². The highest BCUT2D eigenvalue weighted by molar-refractivity contribution is 5.81. The highest BCUT2D eigenvalue weighted by Crippen LogP contribution is 2.16. The molecule has 0 bridgehead atoms. The molecule has 0 aromatic heterocycles. The molecule has 2 atom stereocenters. The third kappa shape index (κ3) is 4.17. The Morgan fingerprint density at radius 2 is 1.76 bits per heavy atom. The maximum Gasteiger partial charge on any atom is 0.253 e. The summed E-state index contributed by atoms with van der Waals surface area (Å²) in [4.78, 5) is 12.0. The number of carbonyl (C=O) groups is 1. The Labute approximate surface area is 125 Å². The van der Waals surface area contributed by atoms with Crippen molar-refractivity contribution in [1.82, 2.24) is 5.32 Å². The normalized spacial score (nSPS) is 13.5. The molecule has 1 amide bonds. The predicted octanol–water partition coefficient (Wildman–Crippen LogP) is 2.95. The van der Waals surface area contributed by atoms with E-state index in [1.165, 1.54) is 11.1 Å². The fraction of sp³-hybridized carbons (Fsp3) is 0.278. The molecule has 110 valence electrons. The van der Waals surface area contributed by atoms with E-state index in [0.29, 0.717) is 12.1 Å². The molecule has 2 unspecified atom stereocenters. The molecular formula is C18H21NO2. The van der Waals surface area contributed by atoms with Gasteiger partial charge < -0.3 is 10.4 Å². The van der Waals surface area contributed by atoms with Crippen LogP contribution < -0.4 is 5.32 Å². The molecule has 3 nitrogen and oxygen atoms in total. The molecule has 2 aromatic carbocycles. The fourth-order valence-electron chi connectivity index (χ4n) is 2.23. The number of aryl methyl sites for hydroxylation is 1. The van der Waals surface area contributed by atoms with Crippen LogP contribution in [-0.2, 0) is 4.79 Å². The van der Waals surface area contributed by atoms with E-state index in [0.717, 1.165) is 0 Å². The average molecular weight is 283 g/mol. The van der Waals surface area contributed by atoms with E-state index in [2.05, 4.69) is 24.4 Å². The lowest BCUT2D eigenvalue weighted by Gasteiger charge is -2.16. The number of carbonyl (C=O) groups excluding carboxylic acids is 1. The van der Waals surface area contributed by atoms with Gasteiger partial charge in [0.25, 0.3) is 5.91 Å². The standard InChI is InChI=1S/C18H21NO2/c1-13-7-6-10-16(11-13)14(2)12-19-18(21)17(20)15-8-4-3-5-9-15/h3-11,14,17,20H,12H2,1-2H3,(H,19,21). The van der Waals surface area contributed by atoms with Crippen molar-refractivity contribution in [3.8, 4) is 0 Å². The second-order valence-corrected chi connectivity index (χ2v) is 5.37. The zero-order valence-corrected chi connectivity index (χ0v) is 12.4. The number of aliphatic hydroxyl groups excluding tert-OH is 1. The molecule has 0 saturated carbocycles. The second-order valence-electron chi connectivity index (χ2n) is 5.37. The molecule has 21 heavy (non-hydrogen) atoms. The summed E-state index contributed by atoms with van der Waals surface area (Å²) < 4.78 is 0. The van der Waals surface area contributed by atoms with E-state index in [-0.39, 0.29) is 11.8 Å². The number of aliphatic hydroxyl groups is 1. The third-order valence-electron chi connectivity index (χ3n) is 3.56. The number of hydrogen-bond acceptors (Lipinski definition) is 2. The first-order valence-electron chi connectivity index (χ1n) is 7.15. The smallest absolute Gasteiger partial charge is 0.253 e. The van der Waals surface area contributed by atoms with Crippen LogP contribution in [0.4, 0.5) is 0 Å². The van der Waals surface area contributed by atoms with Crippen molar-refractivity contribution in [2.75, 3.05) is 6.54 Å². The first-order valence-corrected chi connectivity index (χ1v) is 7.15. The Hall–Kier alpha value is -2.13. The number of hydrogen-bond donors (Lipinski definition) is 2. The van der Waals surface area contributed by atoms with Crippen molar-refractivity contribution in [3.63, 3.8) is 0 Å². The number of amides is 1. The van der Waals surface area contributed by atoms with Crippen LogP contribution in [0.2, 0.25) is 0 Å². The molecule has 2 rings (SSSR count). The molecule has 0 aliphatic rings. The largest absolute Gasteiger partial charge is 0.378 e. The van der Waals surface area contributed by atoms with Crippen LogP contribution in [0.5, 0.6) is 0 Å². The van der Waals surface area contributed by atoms with E-state index in [4.69, 9.17) is 0 Å². The maximum atomic E-state index is 12.0. The quantitative estimate of drug-likeness (QED) is 0.886. The van der Waals surface area contributed by atoms with Crippen molar-refractivity contribution < 1.29 is 9.90 Å². The molecule has 0 fully saturated rings. The second kappa shape index (κ2) is 7.04. The van der Waals surface area contributed by atoms with Gasteiger partial charge in [-0.15, -0.1) is 0 Å². The SMILES string of the molecule is Cc1cccc(C(C)CNC(=O)C(O)c2ccccc2)c1. The van der Waals surface area contributed by atoms with Crippen molar-refractivity contribution in [2.24, 2.45) is 0 Å². The van der Waals surface area contributed by atoms with Crippen molar-refractivity contribution >= 4 is 5.91 Å². The van der Waals surface area contributed by atoms with Gasteiger partial charge in [-0.25, -0.2) is 0 Å². The minimum atomic E-state index is -1.11. The fourth-order valence-corrected chi connectivity index (χ4v) is 2.23. The summed E-state index contributed by atoms with van der Waals surface area (Å²) in [6.45, 7) is 4.62. The Balaban J connectivity index is 1.92. The highest BCUT2D eigenvalue weighted by atomic mass is 16.3. The molecule has 3 heteroatoms. The Morgan fingerprint density at radius 3 is 2.43 bits per heavy atom. The number of rotatable bonds is 5. The first-order chi connectivity index (χ1) is 10.1.